The average Bonchev–Trinajstić information content (AvgIpc) is 0.918. The molecule has 0 spiro atoms. The van der Waals surface area contributed by atoms with E-state index in [-0.39, 0.29) is 38.6 Å². The quantitative estimate of drug-likeness (QED) is 0.481. The first kappa shape index (κ1) is 10.0. The SMILES string of the molecule is S[O][Gd].[Tb]. The van der Waals surface area contributed by atoms with Crippen LogP contribution in [0.5, 0.6) is 0 Å². The van der Waals surface area contributed by atoms with Gasteiger partial charge in [0.25, 0.3) is 0 Å². The fourth-order valence-corrected chi connectivity index (χ4v) is 0. The average molecular weight is 365 g/mol. The molecule has 1 radical (unpaired) electrons. The van der Waals surface area contributed by atoms with Gasteiger partial charge in [-0.15, -0.1) is 0 Å². The van der Waals surface area contributed by atoms with E-state index < -0.39 is 0 Å². The Kier molecular flexibility index (Phi) is 23.4. The van der Waals surface area contributed by atoms with Crippen molar-refractivity contribution in [3.05, 3.63) is 0 Å². The van der Waals surface area contributed by atoms with Crippen LogP contribution in [0.1, 0.15) is 0 Å². The second-order valence-electron chi connectivity index (χ2n) is 0.0645. The molecule has 0 unspecified atom stereocenters. The van der Waals surface area contributed by atoms with Gasteiger partial charge in [-0.1, -0.05) is 0 Å². The van der Waals surface area contributed by atoms with Crippen molar-refractivity contribution in [2.24, 2.45) is 0 Å². The van der Waals surface area contributed by atoms with Crippen molar-refractivity contribution >= 4 is 12.9 Å². The summed E-state index contributed by atoms with van der Waals surface area (Å²) >= 11 is 4.64. The van der Waals surface area contributed by atoms with Gasteiger partial charge < -0.3 is 0 Å². The fourth-order valence-electron chi connectivity index (χ4n) is 0. The second kappa shape index (κ2) is 9.33. The minimum absolute atomic E-state index is 0. The van der Waals surface area contributed by atoms with E-state index in [0.717, 1.165) is 0 Å². The van der Waals surface area contributed by atoms with Gasteiger partial charge in [-0.05, 0) is 0 Å². The van der Waals surface area contributed by atoms with Gasteiger partial charge in [0.05, 0.1) is 0 Å². The Labute approximate surface area is 88.3 Å². The molecule has 0 amide bonds. The molecule has 0 aliphatic carbocycles. The third-order valence-electron chi connectivity index (χ3n) is 0. The Morgan fingerprint density at radius 2 is 1.75 bits per heavy atom. The Hall–Kier alpha value is 2.92. The molecule has 0 N–H and O–H groups in total. The molecule has 30 valence electrons. The van der Waals surface area contributed by atoms with Crippen LogP contribution < -0.4 is 0 Å². The van der Waals surface area contributed by atoms with Crippen molar-refractivity contribution in [1.29, 1.82) is 0 Å². The van der Waals surface area contributed by atoms with Crippen LogP contribution in [0.15, 0.2) is 0 Å². The molecule has 0 saturated carbocycles. The molecule has 0 aliphatic heterocycles. The van der Waals surface area contributed by atoms with E-state index in [4.69, 9.17) is 0 Å². The van der Waals surface area contributed by atoms with Crippen LogP contribution >= 0.6 is 12.9 Å². The first-order chi connectivity index (χ1) is 1.41. The van der Waals surface area contributed by atoms with Gasteiger partial charge in [-0.3, -0.25) is 0 Å². The normalized spacial score (nSPS) is 4.50. The van der Waals surface area contributed by atoms with E-state index in [2.05, 4.69) is 13.5 Å². The summed E-state index contributed by atoms with van der Waals surface area (Å²) in [5.41, 5.74) is 0. The summed E-state index contributed by atoms with van der Waals surface area (Å²) in [5, 5.41) is 0. The van der Waals surface area contributed by atoms with E-state index in [0.29, 0.717) is 0 Å². The van der Waals surface area contributed by atoms with Crippen molar-refractivity contribution in [2.75, 3.05) is 0 Å². The summed E-state index contributed by atoms with van der Waals surface area (Å²) in [6, 6.07) is 0. The van der Waals surface area contributed by atoms with E-state index >= 15 is 0 Å². The zero-order valence-electron chi connectivity index (χ0n) is 1.54. The molecular weight excluding hydrogens is 364 g/mol. The molecule has 0 aromatic rings. The first-order valence-electron chi connectivity index (χ1n) is 0.327. The predicted molar refractivity (Wildman–Crippen MR) is 10.1 cm³/mol. The van der Waals surface area contributed by atoms with E-state index in [1.807, 2.05) is 0 Å². The maximum absolute atomic E-state index is 3.97. The predicted octanol–water partition coefficient (Wildman–Crippen LogP) is 0.312. The molecule has 0 saturated heterocycles. The van der Waals surface area contributed by atoms with Crippen LogP contribution in [-0.2, 0) is 0.621 Å². The van der Waals surface area contributed by atoms with E-state index in [9.17, 15) is 0 Å². The molecular formula is HGdOSTb. The zero-order valence-corrected chi connectivity index (χ0v) is 6.84. The third-order valence-corrected chi connectivity index (χ3v) is 0. The van der Waals surface area contributed by atoms with Crippen LogP contribution in [0, 0.1) is 77.1 Å². The van der Waals surface area contributed by atoms with Crippen molar-refractivity contribution < 1.29 is 77.7 Å². The molecule has 1 nitrogen and oxygen atoms in total. The number of hydrogen-bond acceptors (Lipinski definition) is 2. The molecule has 4 heavy (non-hydrogen) atoms. The van der Waals surface area contributed by atoms with Crippen molar-refractivity contribution in [2.45, 2.75) is 0 Å². The number of rotatable bonds is 0. The fraction of sp³-hybridized carbons (Fsp3) is 0. The molecule has 0 aliphatic rings. The molecule has 0 rings (SSSR count). The topological polar surface area (TPSA) is 9.23 Å². The standard InChI is InChI=1S/Gd.H2OS.Tb/c;1-2;/h;1-2H;/q+1;;/p-1. The summed E-state index contributed by atoms with van der Waals surface area (Å²) in [7, 11) is 0. The minimum Gasteiger partial charge on any atom is 0 e. The molecule has 0 fully saturated rings. The summed E-state index contributed by atoms with van der Waals surface area (Å²) in [4.78, 5) is 0. The van der Waals surface area contributed by atoms with Gasteiger partial charge >= 0.3 is 52.0 Å². The number of hydrogen-bond donors (Lipinski definition) is 1. The van der Waals surface area contributed by atoms with Crippen molar-refractivity contribution in [3.8, 4) is 0 Å². The van der Waals surface area contributed by atoms with Crippen LogP contribution in [0.3, 0.4) is 0 Å². The second-order valence-corrected chi connectivity index (χ2v) is 1.44. The molecule has 0 heterocycles. The summed E-state index contributed by atoms with van der Waals surface area (Å²) in [6.45, 7) is 0. The van der Waals surface area contributed by atoms with Crippen molar-refractivity contribution in [3.63, 3.8) is 0 Å². The Balaban J connectivity index is 0. The van der Waals surface area contributed by atoms with Crippen LogP contribution in [0.4, 0.5) is 0 Å². The van der Waals surface area contributed by atoms with Gasteiger partial charge in [0.1, 0.15) is 0 Å². The van der Waals surface area contributed by atoms with E-state index in [1.165, 1.54) is 38.5 Å². The summed E-state index contributed by atoms with van der Waals surface area (Å²) in [5.74, 6) is 0. The third kappa shape index (κ3) is 8.87. The summed E-state index contributed by atoms with van der Waals surface area (Å²) < 4.78 is 3.97. The smallest absolute Gasteiger partial charge is 0 e. The molecule has 0 aromatic heterocycles. The Morgan fingerprint density at radius 1 is 1.75 bits per heavy atom. The number of thiol groups is 1. The van der Waals surface area contributed by atoms with Crippen molar-refractivity contribution in [1.82, 2.24) is 0 Å². The van der Waals surface area contributed by atoms with E-state index in [1.54, 1.807) is 0 Å². The largest absolute Gasteiger partial charge is 0 e. The van der Waals surface area contributed by atoms with Gasteiger partial charge in [0.2, 0.25) is 0 Å². The van der Waals surface area contributed by atoms with Crippen LogP contribution in [0.25, 0.3) is 0 Å². The Morgan fingerprint density at radius 3 is 1.75 bits per heavy atom. The monoisotopic (exact) mass is 366 g/mol. The van der Waals surface area contributed by atoms with Crippen LogP contribution in [0.2, 0.25) is 0 Å². The molecule has 4 heteroatoms. The maximum Gasteiger partial charge on any atom is 0 e. The molecule has 0 atom stereocenters. The molecule has 0 aromatic carbocycles. The minimum atomic E-state index is 0. The van der Waals surface area contributed by atoms with Gasteiger partial charge in [0, 0.05) is 38.6 Å². The maximum atomic E-state index is 3.97. The molecule has 0 bridgehead atoms. The van der Waals surface area contributed by atoms with Gasteiger partial charge in [0.15, 0.2) is 0 Å². The van der Waals surface area contributed by atoms with Gasteiger partial charge in [-0.25, -0.2) is 0 Å². The zero-order chi connectivity index (χ0) is 2.71. The van der Waals surface area contributed by atoms with Crippen LogP contribution in [-0.4, -0.2) is 0 Å². The van der Waals surface area contributed by atoms with Gasteiger partial charge in [-0.2, -0.15) is 0 Å². The Bertz CT molecular complexity index is 8.00. The summed E-state index contributed by atoms with van der Waals surface area (Å²) in [6.07, 6.45) is 0. The first-order valence-corrected chi connectivity index (χ1v) is 1.62.